The van der Waals surface area contributed by atoms with E-state index in [4.69, 9.17) is 10.8 Å². The van der Waals surface area contributed by atoms with Crippen LogP contribution in [0.25, 0.3) is 0 Å². The summed E-state index contributed by atoms with van der Waals surface area (Å²) < 4.78 is 0. The third-order valence-corrected chi connectivity index (χ3v) is 1.60. The van der Waals surface area contributed by atoms with Crippen LogP contribution in [0.15, 0.2) is 0 Å². The minimum Gasteiger partial charge on any atom is -1.00 e. The van der Waals surface area contributed by atoms with Crippen molar-refractivity contribution in [2.75, 3.05) is 6.54 Å². The van der Waals surface area contributed by atoms with Crippen LogP contribution < -0.4 is 74.6 Å². The number of rotatable bonds is 5. The fourth-order valence-corrected chi connectivity index (χ4v) is 1.18. The van der Waals surface area contributed by atoms with Crippen molar-refractivity contribution in [1.29, 1.82) is 0 Å². The SMILES string of the molecule is CC(C)C[C@H](CN)CC(=O)O.[Cs+].[H-]. The van der Waals surface area contributed by atoms with Gasteiger partial charge in [0, 0.05) is 6.42 Å². The quantitative estimate of drug-likeness (QED) is 0.628. The minimum absolute atomic E-state index is 0. The summed E-state index contributed by atoms with van der Waals surface area (Å²) in [5.74, 6) is -0.0727. The van der Waals surface area contributed by atoms with Gasteiger partial charge < -0.3 is 12.3 Å². The van der Waals surface area contributed by atoms with Gasteiger partial charge in [-0.05, 0) is 24.8 Å². The Hall–Kier alpha value is 1.48. The van der Waals surface area contributed by atoms with E-state index in [-0.39, 0.29) is 82.7 Å². The fraction of sp³-hybridized carbons (Fsp3) is 0.875. The van der Waals surface area contributed by atoms with Crippen molar-refractivity contribution in [1.82, 2.24) is 0 Å². The summed E-state index contributed by atoms with van der Waals surface area (Å²) in [5.41, 5.74) is 5.41. The van der Waals surface area contributed by atoms with E-state index in [0.717, 1.165) is 6.42 Å². The fourth-order valence-electron chi connectivity index (χ4n) is 1.18. The maximum atomic E-state index is 10.3. The van der Waals surface area contributed by atoms with Crippen LogP contribution in [0.3, 0.4) is 0 Å². The smallest absolute Gasteiger partial charge is 1.00 e. The van der Waals surface area contributed by atoms with Crippen LogP contribution >= 0.6 is 0 Å². The second-order valence-corrected chi connectivity index (χ2v) is 3.33. The van der Waals surface area contributed by atoms with Gasteiger partial charge in [-0.1, -0.05) is 13.8 Å². The summed E-state index contributed by atoms with van der Waals surface area (Å²) in [4.78, 5) is 10.3. The van der Waals surface area contributed by atoms with E-state index in [1.165, 1.54) is 0 Å². The molecule has 0 rings (SSSR count). The first-order chi connectivity index (χ1) is 5.06. The molecule has 0 bridgehead atoms. The third-order valence-electron chi connectivity index (χ3n) is 1.60. The maximum Gasteiger partial charge on any atom is 1.00 e. The molecular formula is C8H18CsNO2. The van der Waals surface area contributed by atoms with E-state index >= 15 is 0 Å². The molecule has 0 aliphatic carbocycles. The van der Waals surface area contributed by atoms with Crippen LogP contribution in [0.1, 0.15) is 28.1 Å². The molecule has 0 amide bonds. The van der Waals surface area contributed by atoms with Gasteiger partial charge in [0.2, 0.25) is 0 Å². The second-order valence-electron chi connectivity index (χ2n) is 3.33. The van der Waals surface area contributed by atoms with Crippen LogP contribution in [0, 0.1) is 11.8 Å². The molecule has 0 radical (unpaired) electrons. The summed E-state index contributed by atoms with van der Waals surface area (Å²) in [6.07, 6.45) is 1.11. The average molecular weight is 293 g/mol. The Bertz CT molecular complexity index is 133. The molecule has 0 heterocycles. The summed E-state index contributed by atoms with van der Waals surface area (Å²) >= 11 is 0. The van der Waals surface area contributed by atoms with E-state index in [1.54, 1.807) is 0 Å². The van der Waals surface area contributed by atoms with Crippen molar-refractivity contribution in [3.8, 4) is 0 Å². The number of carboxylic acid groups (broad SMARTS) is 1. The van der Waals surface area contributed by atoms with Crippen molar-refractivity contribution < 1.29 is 80.2 Å². The summed E-state index contributed by atoms with van der Waals surface area (Å²) in [6, 6.07) is 0. The monoisotopic (exact) mass is 293 g/mol. The molecule has 12 heavy (non-hydrogen) atoms. The molecule has 0 saturated heterocycles. The number of hydrogen-bond acceptors (Lipinski definition) is 2. The van der Waals surface area contributed by atoms with Gasteiger partial charge in [0.1, 0.15) is 0 Å². The Morgan fingerprint density at radius 3 is 2.33 bits per heavy atom. The normalized spacial score (nSPS) is 12.3. The molecule has 0 unspecified atom stereocenters. The van der Waals surface area contributed by atoms with Gasteiger partial charge >= 0.3 is 74.9 Å². The van der Waals surface area contributed by atoms with Crippen LogP contribution in [0.2, 0.25) is 0 Å². The van der Waals surface area contributed by atoms with E-state index in [0.29, 0.717) is 12.5 Å². The zero-order chi connectivity index (χ0) is 8.85. The molecule has 0 saturated carbocycles. The van der Waals surface area contributed by atoms with Crippen LogP contribution in [-0.2, 0) is 4.79 Å². The predicted octanol–water partition coefficient (Wildman–Crippen LogP) is -1.80. The van der Waals surface area contributed by atoms with E-state index in [2.05, 4.69) is 13.8 Å². The summed E-state index contributed by atoms with van der Waals surface area (Å²) in [7, 11) is 0. The molecule has 3 nitrogen and oxygen atoms in total. The number of aliphatic carboxylic acids is 1. The molecule has 68 valence electrons. The number of carbonyl (C=O) groups is 1. The summed E-state index contributed by atoms with van der Waals surface area (Å²) in [6.45, 7) is 4.62. The van der Waals surface area contributed by atoms with E-state index in [9.17, 15) is 4.79 Å². The average Bonchev–Trinajstić information content (AvgIpc) is 1.84. The molecule has 0 fully saturated rings. The molecule has 0 aliphatic heterocycles. The molecule has 0 aromatic heterocycles. The Kier molecular flexibility index (Phi) is 12.0. The van der Waals surface area contributed by atoms with E-state index in [1.807, 2.05) is 0 Å². The van der Waals surface area contributed by atoms with Crippen LogP contribution in [0.4, 0.5) is 0 Å². The van der Waals surface area contributed by atoms with Gasteiger partial charge in [0.25, 0.3) is 0 Å². The Morgan fingerprint density at radius 1 is 1.58 bits per heavy atom. The molecule has 1 atom stereocenters. The minimum atomic E-state index is -0.749. The number of hydrogen-bond donors (Lipinski definition) is 2. The predicted molar refractivity (Wildman–Crippen MR) is 45.4 cm³/mol. The third kappa shape index (κ3) is 9.57. The van der Waals surface area contributed by atoms with Crippen LogP contribution in [-0.4, -0.2) is 17.6 Å². The standard InChI is InChI=1S/C8H17NO2.Cs.H/c1-6(2)3-7(5-9)4-8(10)11;;/h6-7H,3-5,9H2,1-2H3,(H,10,11);;/q;+1;-1/t7-;;/m0../s1. The van der Waals surface area contributed by atoms with Crippen molar-refractivity contribution in [3.63, 3.8) is 0 Å². The van der Waals surface area contributed by atoms with Crippen molar-refractivity contribution >= 4 is 5.97 Å². The summed E-state index contributed by atoms with van der Waals surface area (Å²) in [5, 5.41) is 8.47. The molecule has 3 N–H and O–H groups in total. The first-order valence-electron chi connectivity index (χ1n) is 3.98. The topological polar surface area (TPSA) is 63.3 Å². The van der Waals surface area contributed by atoms with Crippen molar-refractivity contribution in [2.45, 2.75) is 26.7 Å². The Labute approximate surface area is 134 Å². The zero-order valence-corrected chi connectivity index (χ0v) is 14.5. The Balaban J connectivity index is -0.000000500. The zero-order valence-electron chi connectivity index (χ0n) is 9.21. The Morgan fingerprint density at radius 2 is 2.08 bits per heavy atom. The van der Waals surface area contributed by atoms with E-state index < -0.39 is 5.97 Å². The molecule has 0 spiro atoms. The van der Waals surface area contributed by atoms with Crippen LogP contribution in [0.5, 0.6) is 0 Å². The largest absolute Gasteiger partial charge is 1.00 e. The number of carboxylic acids is 1. The number of nitrogens with two attached hydrogens (primary N) is 1. The van der Waals surface area contributed by atoms with Gasteiger partial charge in [-0.15, -0.1) is 0 Å². The molecule has 0 aromatic rings. The van der Waals surface area contributed by atoms with Gasteiger partial charge in [0.05, 0.1) is 0 Å². The van der Waals surface area contributed by atoms with Crippen molar-refractivity contribution in [2.24, 2.45) is 17.6 Å². The molecule has 4 heteroatoms. The van der Waals surface area contributed by atoms with Gasteiger partial charge in [0.15, 0.2) is 0 Å². The second kappa shape index (κ2) is 9.05. The molecular weight excluding hydrogens is 275 g/mol. The first kappa shape index (κ1) is 15.9. The molecule has 0 aliphatic rings. The van der Waals surface area contributed by atoms with Crippen molar-refractivity contribution in [3.05, 3.63) is 0 Å². The van der Waals surface area contributed by atoms with Gasteiger partial charge in [-0.25, -0.2) is 0 Å². The molecule has 0 aromatic carbocycles. The van der Waals surface area contributed by atoms with Gasteiger partial charge in [-0.3, -0.25) is 4.79 Å². The maximum absolute atomic E-state index is 10.3. The van der Waals surface area contributed by atoms with Gasteiger partial charge in [-0.2, -0.15) is 0 Å². The first-order valence-corrected chi connectivity index (χ1v) is 3.98.